The highest BCUT2D eigenvalue weighted by Gasteiger charge is 2.26. The maximum absolute atomic E-state index is 13.2. The molecule has 3 rings (SSSR count). The SMILES string of the molecule is CCCCN(CC(=O)N(Cc1ccco1)CC1CCCO1)C(=O)c1ccc(F)cc1. The molecule has 2 amide bonds. The van der Waals surface area contributed by atoms with E-state index in [-0.39, 0.29) is 24.5 Å². The van der Waals surface area contributed by atoms with Crippen molar-refractivity contribution >= 4 is 11.8 Å². The molecule has 1 unspecified atom stereocenters. The average molecular weight is 416 g/mol. The minimum atomic E-state index is -0.399. The largest absolute Gasteiger partial charge is 0.467 e. The molecule has 0 aliphatic carbocycles. The van der Waals surface area contributed by atoms with Crippen LogP contribution in [0.5, 0.6) is 0 Å². The Morgan fingerprint density at radius 1 is 1.17 bits per heavy atom. The van der Waals surface area contributed by atoms with Crippen LogP contribution in [0.15, 0.2) is 47.1 Å². The average Bonchev–Trinajstić information content (AvgIpc) is 3.45. The van der Waals surface area contributed by atoms with Gasteiger partial charge < -0.3 is 19.0 Å². The Balaban J connectivity index is 1.72. The third-order valence-electron chi connectivity index (χ3n) is 5.21. The molecule has 1 aromatic carbocycles. The number of benzene rings is 1. The number of nitrogens with zero attached hydrogens (tertiary/aromatic N) is 2. The second kappa shape index (κ2) is 10.9. The number of carbonyl (C=O) groups excluding carboxylic acids is 2. The van der Waals surface area contributed by atoms with Gasteiger partial charge in [0.05, 0.1) is 18.9 Å². The van der Waals surface area contributed by atoms with Crippen LogP contribution in [0.25, 0.3) is 0 Å². The van der Waals surface area contributed by atoms with Gasteiger partial charge in [-0.15, -0.1) is 0 Å². The summed E-state index contributed by atoms with van der Waals surface area (Å²) in [6.45, 7) is 3.96. The van der Waals surface area contributed by atoms with Crippen LogP contribution in [0.3, 0.4) is 0 Å². The quantitative estimate of drug-likeness (QED) is 0.590. The molecule has 1 saturated heterocycles. The summed E-state index contributed by atoms with van der Waals surface area (Å²) >= 11 is 0. The van der Waals surface area contributed by atoms with Crippen molar-refractivity contribution in [2.75, 3.05) is 26.2 Å². The van der Waals surface area contributed by atoms with Crippen molar-refractivity contribution in [1.82, 2.24) is 9.80 Å². The molecule has 2 aromatic rings. The van der Waals surface area contributed by atoms with Crippen molar-refractivity contribution in [3.63, 3.8) is 0 Å². The van der Waals surface area contributed by atoms with Crippen molar-refractivity contribution in [2.24, 2.45) is 0 Å². The van der Waals surface area contributed by atoms with Gasteiger partial charge in [-0.1, -0.05) is 13.3 Å². The first-order valence-electron chi connectivity index (χ1n) is 10.5. The number of rotatable bonds is 10. The van der Waals surface area contributed by atoms with E-state index in [1.807, 2.05) is 13.0 Å². The van der Waals surface area contributed by atoms with Gasteiger partial charge in [0.2, 0.25) is 5.91 Å². The molecule has 1 fully saturated rings. The van der Waals surface area contributed by atoms with Crippen molar-refractivity contribution in [3.05, 3.63) is 59.8 Å². The van der Waals surface area contributed by atoms with Crippen molar-refractivity contribution in [3.8, 4) is 0 Å². The van der Waals surface area contributed by atoms with Gasteiger partial charge in [-0.3, -0.25) is 9.59 Å². The van der Waals surface area contributed by atoms with E-state index < -0.39 is 5.82 Å². The van der Waals surface area contributed by atoms with E-state index in [9.17, 15) is 14.0 Å². The fraction of sp³-hybridized carbons (Fsp3) is 0.478. The first kappa shape index (κ1) is 22.0. The van der Waals surface area contributed by atoms with Crippen LogP contribution < -0.4 is 0 Å². The van der Waals surface area contributed by atoms with Gasteiger partial charge in [-0.05, 0) is 55.7 Å². The molecule has 0 saturated carbocycles. The van der Waals surface area contributed by atoms with E-state index in [1.54, 1.807) is 22.1 Å². The summed E-state index contributed by atoms with van der Waals surface area (Å²) in [7, 11) is 0. The number of halogens is 1. The normalized spacial score (nSPS) is 15.9. The molecule has 0 spiro atoms. The highest BCUT2D eigenvalue weighted by molar-refractivity contribution is 5.96. The Labute approximate surface area is 176 Å². The van der Waals surface area contributed by atoms with Crippen LogP contribution in [0, 0.1) is 5.82 Å². The van der Waals surface area contributed by atoms with Crippen LogP contribution in [0.2, 0.25) is 0 Å². The van der Waals surface area contributed by atoms with Crippen LogP contribution >= 0.6 is 0 Å². The lowest BCUT2D eigenvalue weighted by molar-refractivity contribution is -0.134. The minimum Gasteiger partial charge on any atom is -0.467 e. The predicted octanol–water partition coefficient (Wildman–Crippen LogP) is 3.87. The molecular weight excluding hydrogens is 387 g/mol. The van der Waals surface area contributed by atoms with Gasteiger partial charge in [0.25, 0.3) is 5.91 Å². The molecule has 2 heterocycles. The summed E-state index contributed by atoms with van der Waals surface area (Å²) in [4.78, 5) is 29.4. The summed E-state index contributed by atoms with van der Waals surface area (Å²) in [6, 6.07) is 9.04. The van der Waals surface area contributed by atoms with E-state index >= 15 is 0 Å². The van der Waals surface area contributed by atoms with Crippen molar-refractivity contribution in [1.29, 1.82) is 0 Å². The fourth-order valence-corrected chi connectivity index (χ4v) is 3.52. The molecule has 0 bridgehead atoms. The first-order chi connectivity index (χ1) is 14.6. The molecule has 30 heavy (non-hydrogen) atoms. The molecular formula is C23H29FN2O4. The summed E-state index contributed by atoms with van der Waals surface area (Å²) in [5.41, 5.74) is 0.372. The number of ether oxygens (including phenoxy) is 1. The molecule has 1 aromatic heterocycles. The van der Waals surface area contributed by atoms with Crippen molar-refractivity contribution in [2.45, 2.75) is 45.3 Å². The van der Waals surface area contributed by atoms with Crippen molar-refractivity contribution < 1.29 is 23.1 Å². The summed E-state index contributed by atoms with van der Waals surface area (Å²) < 4.78 is 24.4. The van der Waals surface area contributed by atoms with Gasteiger partial charge in [0.1, 0.15) is 18.1 Å². The monoisotopic (exact) mass is 416 g/mol. The third-order valence-corrected chi connectivity index (χ3v) is 5.21. The molecule has 1 aliphatic heterocycles. The van der Waals surface area contributed by atoms with E-state index in [2.05, 4.69) is 0 Å². The smallest absolute Gasteiger partial charge is 0.254 e. The Morgan fingerprint density at radius 2 is 1.97 bits per heavy atom. The van der Waals surface area contributed by atoms with Crippen LogP contribution in [0.1, 0.15) is 48.7 Å². The third kappa shape index (κ3) is 6.16. The summed E-state index contributed by atoms with van der Waals surface area (Å²) in [5.74, 6) is -0.143. The second-order valence-electron chi connectivity index (χ2n) is 7.58. The maximum atomic E-state index is 13.2. The van der Waals surface area contributed by atoms with E-state index in [0.29, 0.717) is 37.6 Å². The molecule has 6 nitrogen and oxygen atoms in total. The number of furan rings is 1. The number of hydrogen-bond donors (Lipinski definition) is 0. The zero-order valence-corrected chi connectivity index (χ0v) is 17.4. The lowest BCUT2D eigenvalue weighted by atomic mass is 10.1. The van der Waals surface area contributed by atoms with Gasteiger partial charge in [0.15, 0.2) is 0 Å². The van der Waals surface area contributed by atoms with Crippen LogP contribution in [0.4, 0.5) is 4.39 Å². The summed E-state index contributed by atoms with van der Waals surface area (Å²) in [5, 5.41) is 0. The van der Waals surface area contributed by atoms with Gasteiger partial charge in [-0.2, -0.15) is 0 Å². The number of amides is 2. The number of hydrogen-bond acceptors (Lipinski definition) is 4. The lowest BCUT2D eigenvalue weighted by Gasteiger charge is -2.29. The zero-order chi connectivity index (χ0) is 21.3. The fourth-order valence-electron chi connectivity index (χ4n) is 3.52. The van der Waals surface area contributed by atoms with Gasteiger partial charge in [0, 0.05) is 25.3 Å². The standard InChI is InChI=1S/C23H29FN2O4/c1-2-3-12-25(23(28)18-8-10-19(24)11-9-18)17-22(27)26(15-20-6-4-13-29-20)16-21-7-5-14-30-21/h4,6,8-11,13,21H,2-3,5,7,12,14-17H2,1H3. The van der Waals surface area contributed by atoms with Gasteiger partial charge >= 0.3 is 0 Å². The van der Waals surface area contributed by atoms with E-state index in [1.165, 1.54) is 24.3 Å². The molecule has 0 radical (unpaired) electrons. The van der Waals surface area contributed by atoms with Gasteiger partial charge in [-0.25, -0.2) is 4.39 Å². The molecule has 1 aliphatic rings. The van der Waals surface area contributed by atoms with E-state index in [4.69, 9.17) is 9.15 Å². The predicted molar refractivity (Wildman–Crippen MR) is 110 cm³/mol. The second-order valence-corrected chi connectivity index (χ2v) is 7.58. The first-order valence-corrected chi connectivity index (χ1v) is 10.5. The maximum Gasteiger partial charge on any atom is 0.254 e. The lowest BCUT2D eigenvalue weighted by Crippen LogP contribution is -2.45. The zero-order valence-electron chi connectivity index (χ0n) is 17.4. The summed E-state index contributed by atoms with van der Waals surface area (Å²) in [6.07, 6.45) is 5.16. The molecule has 0 N–H and O–H groups in total. The molecule has 7 heteroatoms. The number of unbranched alkanes of at least 4 members (excludes halogenated alkanes) is 1. The molecule has 162 valence electrons. The topological polar surface area (TPSA) is 63.0 Å². The minimum absolute atomic E-state index is 0.000745. The Hall–Kier alpha value is -2.67. The highest BCUT2D eigenvalue weighted by atomic mass is 19.1. The van der Waals surface area contributed by atoms with E-state index in [0.717, 1.165) is 25.7 Å². The highest BCUT2D eigenvalue weighted by Crippen LogP contribution is 2.16. The Morgan fingerprint density at radius 3 is 2.60 bits per heavy atom. The molecule has 1 atom stereocenters. The van der Waals surface area contributed by atoms with Crippen LogP contribution in [-0.4, -0.2) is 54.0 Å². The number of carbonyl (C=O) groups is 2. The Kier molecular flexibility index (Phi) is 8.02. The van der Waals surface area contributed by atoms with Crippen LogP contribution in [-0.2, 0) is 16.1 Å². The Bertz CT molecular complexity index is 801.